The SMILES string of the molecule is Cc1cc(F)c(CO)c(B(O)O)c1. The van der Waals surface area contributed by atoms with Crippen LogP contribution in [0.4, 0.5) is 4.39 Å². The van der Waals surface area contributed by atoms with Crippen molar-refractivity contribution in [3.63, 3.8) is 0 Å². The molecule has 0 aliphatic rings. The Morgan fingerprint density at radius 2 is 2.00 bits per heavy atom. The Labute approximate surface area is 75.6 Å². The Hall–Kier alpha value is -0.905. The fraction of sp³-hybridized carbons (Fsp3) is 0.250. The first-order valence-electron chi connectivity index (χ1n) is 3.82. The molecule has 5 heteroatoms. The number of halogens is 1. The number of hydrogen-bond acceptors (Lipinski definition) is 3. The third kappa shape index (κ3) is 2.06. The van der Waals surface area contributed by atoms with E-state index in [0.29, 0.717) is 5.56 Å². The Morgan fingerprint density at radius 3 is 2.46 bits per heavy atom. The fourth-order valence-electron chi connectivity index (χ4n) is 1.20. The Bertz CT molecular complexity index is 315. The molecule has 0 unspecified atom stereocenters. The predicted octanol–water partition coefficient (Wildman–Crippen LogP) is -0.694. The van der Waals surface area contributed by atoms with Crippen LogP contribution in [0.1, 0.15) is 11.1 Å². The van der Waals surface area contributed by atoms with Gasteiger partial charge >= 0.3 is 7.12 Å². The summed E-state index contributed by atoms with van der Waals surface area (Å²) in [6, 6.07) is 2.66. The lowest BCUT2D eigenvalue weighted by Crippen LogP contribution is -2.34. The molecule has 0 saturated heterocycles. The average Bonchev–Trinajstić information content (AvgIpc) is 2.02. The summed E-state index contributed by atoms with van der Waals surface area (Å²) in [7, 11) is -1.75. The van der Waals surface area contributed by atoms with Gasteiger partial charge in [-0.25, -0.2) is 4.39 Å². The topological polar surface area (TPSA) is 60.7 Å². The molecule has 3 N–H and O–H groups in total. The second-order valence-electron chi connectivity index (χ2n) is 2.85. The van der Waals surface area contributed by atoms with Gasteiger partial charge in [-0.2, -0.15) is 0 Å². The van der Waals surface area contributed by atoms with E-state index in [9.17, 15) is 4.39 Å². The fourth-order valence-corrected chi connectivity index (χ4v) is 1.20. The molecule has 0 spiro atoms. The smallest absolute Gasteiger partial charge is 0.423 e. The Kier molecular flexibility index (Phi) is 3.03. The van der Waals surface area contributed by atoms with Crippen molar-refractivity contribution in [3.8, 4) is 0 Å². The second kappa shape index (κ2) is 3.87. The van der Waals surface area contributed by atoms with Crippen LogP contribution in [0.2, 0.25) is 0 Å². The van der Waals surface area contributed by atoms with Crippen molar-refractivity contribution in [2.45, 2.75) is 13.5 Å². The number of aliphatic hydroxyl groups is 1. The van der Waals surface area contributed by atoms with E-state index in [-0.39, 0.29) is 11.0 Å². The molecule has 0 heterocycles. The summed E-state index contributed by atoms with van der Waals surface area (Å²) in [6.45, 7) is 1.09. The Balaban J connectivity index is 3.29. The van der Waals surface area contributed by atoms with Gasteiger partial charge < -0.3 is 15.2 Å². The third-order valence-electron chi connectivity index (χ3n) is 1.81. The van der Waals surface area contributed by atoms with Gasteiger partial charge in [0.25, 0.3) is 0 Å². The first-order chi connectivity index (χ1) is 6.06. The van der Waals surface area contributed by atoms with Crippen LogP contribution < -0.4 is 5.46 Å². The Morgan fingerprint density at radius 1 is 1.38 bits per heavy atom. The van der Waals surface area contributed by atoms with Gasteiger partial charge in [0, 0.05) is 5.56 Å². The van der Waals surface area contributed by atoms with Crippen LogP contribution in [0.3, 0.4) is 0 Å². The van der Waals surface area contributed by atoms with E-state index in [1.807, 2.05) is 0 Å². The van der Waals surface area contributed by atoms with E-state index in [2.05, 4.69) is 0 Å². The van der Waals surface area contributed by atoms with Gasteiger partial charge in [-0.15, -0.1) is 0 Å². The van der Waals surface area contributed by atoms with Gasteiger partial charge in [-0.1, -0.05) is 6.07 Å². The summed E-state index contributed by atoms with van der Waals surface area (Å²) in [5.41, 5.74) is 0.526. The minimum absolute atomic E-state index is 0.0139. The second-order valence-corrected chi connectivity index (χ2v) is 2.85. The molecule has 0 bridgehead atoms. The van der Waals surface area contributed by atoms with Crippen molar-refractivity contribution in [2.24, 2.45) is 0 Å². The van der Waals surface area contributed by atoms with Crippen molar-refractivity contribution in [3.05, 3.63) is 29.1 Å². The van der Waals surface area contributed by atoms with Crippen LogP contribution in [0.15, 0.2) is 12.1 Å². The quantitative estimate of drug-likeness (QED) is 0.533. The average molecular weight is 184 g/mol. The first-order valence-corrected chi connectivity index (χ1v) is 3.82. The van der Waals surface area contributed by atoms with E-state index < -0.39 is 19.5 Å². The summed E-state index contributed by atoms with van der Waals surface area (Å²) in [4.78, 5) is 0. The molecular weight excluding hydrogens is 174 g/mol. The lowest BCUT2D eigenvalue weighted by atomic mass is 9.76. The third-order valence-corrected chi connectivity index (χ3v) is 1.81. The molecule has 0 radical (unpaired) electrons. The highest BCUT2D eigenvalue weighted by molar-refractivity contribution is 6.59. The van der Waals surface area contributed by atoms with Crippen molar-refractivity contribution in [2.75, 3.05) is 0 Å². The summed E-state index contributed by atoms with van der Waals surface area (Å²) in [6.07, 6.45) is 0. The van der Waals surface area contributed by atoms with E-state index in [0.717, 1.165) is 0 Å². The molecule has 0 fully saturated rings. The molecule has 0 aromatic heterocycles. The van der Waals surface area contributed by atoms with E-state index in [1.165, 1.54) is 12.1 Å². The highest BCUT2D eigenvalue weighted by Gasteiger charge is 2.18. The molecule has 1 aromatic carbocycles. The summed E-state index contributed by atoms with van der Waals surface area (Å²) < 4.78 is 13.1. The van der Waals surface area contributed by atoms with Crippen LogP contribution in [0.5, 0.6) is 0 Å². The van der Waals surface area contributed by atoms with Gasteiger partial charge in [-0.05, 0) is 24.0 Å². The molecule has 1 rings (SSSR count). The van der Waals surface area contributed by atoms with E-state index in [1.54, 1.807) is 6.92 Å². The zero-order valence-electron chi connectivity index (χ0n) is 7.16. The van der Waals surface area contributed by atoms with E-state index >= 15 is 0 Å². The number of aliphatic hydroxyl groups excluding tert-OH is 1. The number of hydrogen-bond donors (Lipinski definition) is 3. The zero-order chi connectivity index (χ0) is 10.0. The van der Waals surface area contributed by atoms with Crippen molar-refractivity contribution < 1.29 is 19.5 Å². The molecule has 70 valence electrons. The first kappa shape index (κ1) is 10.2. The lowest BCUT2D eigenvalue weighted by Gasteiger charge is -2.08. The van der Waals surface area contributed by atoms with Crippen molar-refractivity contribution >= 4 is 12.6 Å². The van der Waals surface area contributed by atoms with Gasteiger partial charge in [0.15, 0.2) is 0 Å². The van der Waals surface area contributed by atoms with Crippen LogP contribution in [0, 0.1) is 12.7 Å². The molecule has 0 saturated carbocycles. The van der Waals surface area contributed by atoms with Crippen LogP contribution in [0.25, 0.3) is 0 Å². The molecule has 0 aliphatic carbocycles. The predicted molar refractivity (Wildman–Crippen MR) is 46.9 cm³/mol. The van der Waals surface area contributed by atoms with Gasteiger partial charge in [0.2, 0.25) is 0 Å². The molecule has 0 atom stereocenters. The van der Waals surface area contributed by atoms with Crippen LogP contribution in [-0.4, -0.2) is 22.3 Å². The molecule has 13 heavy (non-hydrogen) atoms. The molecule has 1 aromatic rings. The maximum Gasteiger partial charge on any atom is 0.488 e. The standard InChI is InChI=1S/C8H10BFO3/c1-5-2-7(9(12)13)6(4-11)8(10)3-5/h2-3,11-13H,4H2,1H3. The summed E-state index contributed by atoms with van der Waals surface area (Å²) >= 11 is 0. The van der Waals surface area contributed by atoms with Gasteiger partial charge in [-0.3, -0.25) is 0 Å². The largest absolute Gasteiger partial charge is 0.488 e. The monoisotopic (exact) mass is 184 g/mol. The minimum atomic E-state index is -1.75. The van der Waals surface area contributed by atoms with Crippen molar-refractivity contribution in [1.29, 1.82) is 0 Å². The maximum absolute atomic E-state index is 13.1. The normalized spacial score (nSPS) is 10.2. The number of rotatable bonds is 2. The van der Waals surface area contributed by atoms with Crippen molar-refractivity contribution in [1.82, 2.24) is 0 Å². The molecule has 3 nitrogen and oxygen atoms in total. The minimum Gasteiger partial charge on any atom is -0.423 e. The highest BCUT2D eigenvalue weighted by atomic mass is 19.1. The van der Waals surface area contributed by atoms with Crippen LogP contribution in [-0.2, 0) is 6.61 Å². The zero-order valence-corrected chi connectivity index (χ0v) is 7.16. The van der Waals surface area contributed by atoms with Gasteiger partial charge in [0.05, 0.1) is 6.61 Å². The molecular formula is C8H10BFO3. The summed E-state index contributed by atoms with van der Waals surface area (Å²) in [5, 5.41) is 26.5. The maximum atomic E-state index is 13.1. The van der Waals surface area contributed by atoms with E-state index in [4.69, 9.17) is 15.2 Å². The number of aryl methyl sites for hydroxylation is 1. The number of benzene rings is 1. The highest BCUT2D eigenvalue weighted by Crippen LogP contribution is 2.08. The van der Waals surface area contributed by atoms with Gasteiger partial charge in [0.1, 0.15) is 5.82 Å². The molecule has 0 aliphatic heterocycles. The van der Waals surface area contributed by atoms with Crippen LogP contribution >= 0.6 is 0 Å². The lowest BCUT2D eigenvalue weighted by molar-refractivity contribution is 0.276. The summed E-state index contributed by atoms with van der Waals surface area (Å²) in [5.74, 6) is -0.620. The molecule has 0 amide bonds.